The number of hydrogen-bond donors (Lipinski definition) is 2. The SMILES string of the molecule is COCCn1cc(Nc2ncc(CN3CCc4ccc(C(=O)Nc5cc(CN6CCN(C)CC6)cc(C(F)(F)F)c5)cc43)cn2)cn1. The Morgan fingerprint density at radius 3 is 2.47 bits per heavy atom. The van der Waals surface area contributed by atoms with Crippen LogP contribution in [0.5, 0.6) is 0 Å². The van der Waals surface area contributed by atoms with Gasteiger partial charge in [-0.3, -0.25) is 14.4 Å². The van der Waals surface area contributed by atoms with Gasteiger partial charge in [0.1, 0.15) is 0 Å². The second kappa shape index (κ2) is 14.1. The molecule has 1 saturated heterocycles. The van der Waals surface area contributed by atoms with Gasteiger partial charge in [-0.25, -0.2) is 9.97 Å². The zero-order valence-electron chi connectivity index (χ0n) is 26.4. The van der Waals surface area contributed by atoms with Crippen molar-refractivity contribution in [2.24, 2.45) is 0 Å². The smallest absolute Gasteiger partial charge is 0.383 e. The van der Waals surface area contributed by atoms with E-state index in [1.54, 1.807) is 48.6 Å². The van der Waals surface area contributed by atoms with Gasteiger partial charge in [-0.1, -0.05) is 6.07 Å². The standard InChI is InChI=1S/C33H38F3N9O2/c1-42-7-9-43(10-8-42)20-23-13-27(33(34,35)36)16-28(14-23)40-31(46)26-4-3-25-5-6-44(30(25)15-26)21-24-17-37-32(38-18-24)41-29-19-39-45(22-29)11-12-47-2/h3-4,13-19,22H,5-12,20-21H2,1-2H3,(H,40,46)(H,37,38,41). The number of ether oxygens (including phenoxy) is 1. The molecular formula is C33H38F3N9O2. The summed E-state index contributed by atoms with van der Waals surface area (Å²) in [5.41, 5.74) is 3.90. The Labute approximate surface area is 271 Å². The van der Waals surface area contributed by atoms with Crippen LogP contribution in [-0.4, -0.2) is 88.9 Å². The van der Waals surface area contributed by atoms with Gasteiger partial charge in [-0.15, -0.1) is 0 Å². The average molecular weight is 650 g/mol. The van der Waals surface area contributed by atoms with Crippen molar-refractivity contribution in [2.45, 2.75) is 32.2 Å². The van der Waals surface area contributed by atoms with Crippen LogP contribution >= 0.6 is 0 Å². The van der Waals surface area contributed by atoms with Crippen molar-refractivity contribution in [3.8, 4) is 0 Å². The first-order valence-electron chi connectivity index (χ1n) is 15.5. The number of fused-ring (bicyclic) bond motifs is 1. The summed E-state index contributed by atoms with van der Waals surface area (Å²) in [7, 11) is 3.67. The highest BCUT2D eigenvalue weighted by atomic mass is 19.4. The van der Waals surface area contributed by atoms with Crippen LogP contribution in [0.2, 0.25) is 0 Å². The van der Waals surface area contributed by atoms with E-state index in [9.17, 15) is 18.0 Å². The molecule has 47 heavy (non-hydrogen) atoms. The molecule has 2 aliphatic heterocycles. The zero-order valence-corrected chi connectivity index (χ0v) is 26.4. The molecule has 1 amide bonds. The number of carbonyl (C=O) groups is 1. The van der Waals surface area contributed by atoms with Gasteiger partial charge in [0.05, 0.1) is 30.6 Å². The van der Waals surface area contributed by atoms with Crippen LogP contribution in [0.15, 0.2) is 61.2 Å². The molecule has 1 fully saturated rings. The van der Waals surface area contributed by atoms with Crippen molar-refractivity contribution < 1.29 is 22.7 Å². The maximum absolute atomic E-state index is 13.8. The van der Waals surface area contributed by atoms with E-state index >= 15 is 0 Å². The fraction of sp³-hybridized carbons (Fsp3) is 0.394. The Balaban J connectivity index is 1.11. The Hall–Kier alpha value is -4.53. The molecule has 2 aliphatic rings. The number of aromatic nitrogens is 4. The number of carbonyl (C=O) groups excluding carboxylic acids is 1. The van der Waals surface area contributed by atoms with Crippen molar-refractivity contribution in [2.75, 3.05) is 69.0 Å². The quantitative estimate of drug-likeness (QED) is 0.241. The van der Waals surface area contributed by atoms with Crippen LogP contribution in [0.3, 0.4) is 0 Å². The average Bonchev–Trinajstić information content (AvgIpc) is 3.67. The minimum absolute atomic E-state index is 0.125. The lowest BCUT2D eigenvalue weighted by molar-refractivity contribution is -0.137. The first kappa shape index (κ1) is 32.4. The predicted molar refractivity (Wildman–Crippen MR) is 173 cm³/mol. The third kappa shape index (κ3) is 8.25. The summed E-state index contributed by atoms with van der Waals surface area (Å²) in [5.74, 6) is -0.0177. The summed E-state index contributed by atoms with van der Waals surface area (Å²) in [6.07, 6.45) is 3.35. The molecule has 0 bridgehead atoms. The number of likely N-dealkylation sites (N-methyl/N-ethyl adjacent to an activating group) is 1. The zero-order chi connectivity index (χ0) is 33.0. The lowest BCUT2D eigenvalue weighted by Gasteiger charge is -2.32. The lowest BCUT2D eigenvalue weighted by Crippen LogP contribution is -2.43. The van der Waals surface area contributed by atoms with Gasteiger partial charge < -0.3 is 25.2 Å². The first-order valence-corrected chi connectivity index (χ1v) is 15.5. The number of nitrogens with zero attached hydrogens (tertiary/aromatic N) is 7. The van der Waals surface area contributed by atoms with Crippen molar-refractivity contribution in [3.63, 3.8) is 0 Å². The molecule has 14 heteroatoms. The molecule has 6 rings (SSSR count). The topological polar surface area (TPSA) is 104 Å². The third-order valence-corrected chi connectivity index (χ3v) is 8.41. The highest BCUT2D eigenvalue weighted by Gasteiger charge is 2.32. The fourth-order valence-electron chi connectivity index (χ4n) is 5.82. The van der Waals surface area contributed by atoms with Crippen LogP contribution in [-0.2, 0) is 37.0 Å². The molecule has 2 aromatic carbocycles. The fourth-order valence-corrected chi connectivity index (χ4v) is 5.82. The van der Waals surface area contributed by atoms with E-state index in [-0.39, 0.29) is 5.69 Å². The summed E-state index contributed by atoms with van der Waals surface area (Å²) in [6.45, 7) is 6.14. The largest absolute Gasteiger partial charge is 0.416 e. The molecule has 0 aliphatic carbocycles. The Morgan fingerprint density at radius 1 is 0.936 bits per heavy atom. The van der Waals surface area contributed by atoms with Crippen LogP contribution in [0.1, 0.15) is 32.6 Å². The number of benzene rings is 2. The lowest BCUT2D eigenvalue weighted by atomic mass is 10.1. The van der Waals surface area contributed by atoms with Crippen LogP contribution in [0, 0.1) is 0 Å². The summed E-state index contributed by atoms with van der Waals surface area (Å²) in [4.78, 5) is 28.7. The van der Waals surface area contributed by atoms with Crippen LogP contribution < -0.4 is 15.5 Å². The summed E-state index contributed by atoms with van der Waals surface area (Å²) >= 11 is 0. The number of rotatable bonds is 11. The number of halogens is 3. The van der Waals surface area contributed by atoms with Crippen molar-refractivity contribution >= 4 is 28.9 Å². The minimum atomic E-state index is -4.53. The number of amides is 1. The van der Waals surface area contributed by atoms with Gasteiger partial charge in [-0.2, -0.15) is 18.3 Å². The van der Waals surface area contributed by atoms with Gasteiger partial charge in [0, 0.05) is 94.0 Å². The second-order valence-corrected chi connectivity index (χ2v) is 12.0. The number of hydrogen-bond acceptors (Lipinski definition) is 9. The van der Waals surface area contributed by atoms with E-state index in [0.717, 1.165) is 67.7 Å². The Kier molecular flexibility index (Phi) is 9.71. The van der Waals surface area contributed by atoms with Gasteiger partial charge in [0.15, 0.2) is 0 Å². The van der Waals surface area contributed by atoms with Crippen molar-refractivity contribution in [3.05, 3.63) is 89.0 Å². The maximum Gasteiger partial charge on any atom is 0.416 e. The molecule has 2 N–H and O–H groups in total. The van der Waals surface area contributed by atoms with E-state index in [1.165, 1.54) is 6.07 Å². The molecule has 0 unspecified atom stereocenters. The minimum Gasteiger partial charge on any atom is -0.383 e. The molecule has 0 radical (unpaired) electrons. The molecule has 11 nitrogen and oxygen atoms in total. The Bertz CT molecular complexity index is 1690. The summed E-state index contributed by atoms with van der Waals surface area (Å²) < 4.78 is 48.3. The normalized spacial score (nSPS) is 15.6. The highest BCUT2D eigenvalue weighted by Crippen LogP contribution is 2.34. The molecule has 0 spiro atoms. The van der Waals surface area contributed by atoms with Crippen LogP contribution in [0.25, 0.3) is 0 Å². The third-order valence-electron chi connectivity index (χ3n) is 8.41. The van der Waals surface area contributed by atoms with Crippen molar-refractivity contribution in [1.82, 2.24) is 29.5 Å². The van der Waals surface area contributed by atoms with E-state index in [0.29, 0.717) is 43.3 Å². The number of alkyl halides is 3. The Morgan fingerprint density at radius 2 is 1.72 bits per heavy atom. The molecule has 0 saturated carbocycles. The van der Waals surface area contributed by atoms with Gasteiger partial charge >= 0.3 is 6.18 Å². The number of nitrogens with one attached hydrogen (secondary N) is 2. The van der Waals surface area contributed by atoms with E-state index in [4.69, 9.17) is 4.74 Å². The predicted octanol–water partition coefficient (Wildman–Crippen LogP) is 4.64. The summed E-state index contributed by atoms with van der Waals surface area (Å²) in [6, 6.07) is 9.23. The molecule has 2 aromatic heterocycles. The van der Waals surface area contributed by atoms with Crippen LogP contribution in [0.4, 0.5) is 36.2 Å². The first-order chi connectivity index (χ1) is 22.6. The molecule has 0 atom stereocenters. The summed E-state index contributed by atoms with van der Waals surface area (Å²) in [5, 5.41) is 10.1. The number of methoxy groups -OCH3 is 1. The van der Waals surface area contributed by atoms with Gasteiger partial charge in [0.25, 0.3) is 5.91 Å². The molecule has 4 aromatic rings. The second-order valence-electron chi connectivity index (χ2n) is 12.0. The van der Waals surface area contributed by atoms with Crippen molar-refractivity contribution in [1.29, 1.82) is 0 Å². The number of anilines is 4. The molecule has 248 valence electrons. The van der Waals surface area contributed by atoms with E-state index in [2.05, 4.69) is 40.4 Å². The van der Waals surface area contributed by atoms with E-state index < -0.39 is 17.6 Å². The highest BCUT2D eigenvalue weighted by molar-refractivity contribution is 6.05. The maximum atomic E-state index is 13.8. The molecular weight excluding hydrogens is 611 g/mol. The van der Waals surface area contributed by atoms with Gasteiger partial charge in [0.2, 0.25) is 5.95 Å². The van der Waals surface area contributed by atoms with Gasteiger partial charge in [-0.05, 0) is 54.9 Å². The molecule has 4 heterocycles. The number of piperazine rings is 1. The monoisotopic (exact) mass is 649 g/mol. The van der Waals surface area contributed by atoms with E-state index in [1.807, 2.05) is 19.3 Å².